The summed E-state index contributed by atoms with van der Waals surface area (Å²) in [5, 5.41) is 14.4. The summed E-state index contributed by atoms with van der Waals surface area (Å²) in [5.41, 5.74) is 1.47. The maximum Gasteiger partial charge on any atom is 0.266 e. The van der Waals surface area contributed by atoms with Gasteiger partial charge in [-0.25, -0.2) is 4.98 Å². The number of nitrogens with zero attached hydrogens (tertiary/aromatic N) is 2. The molecular formula is C16H15N3O2S. The Kier molecular flexibility index (Phi) is 4.07. The summed E-state index contributed by atoms with van der Waals surface area (Å²) in [6, 6.07) is 8.90. The van der Waals surface area contributed by atoms with Crippen molar-refractivity contribution < 1.29 is 9.53 Å². The Morgan fingerprint density at radius 2 is 2.27 bits per heavy atom. The normalized spacial score (nSPS) is 14.9. The zero-order valence-electron chi connectivity index (χ0n) is 12.1. The van der Waals surface area contributed by atoms with E-state index in [1.54, 1.807) is 31.2 Å². The first-order valence-electron chi connectivity index (χ1n) is 7.09. The van der Waals surface area contributed by atoms with Gasteiger partial charge >= 0.3 is 0 Å². The van der Waals surface area contributed by atoms with Crippen molar-refractivity contribution in [3.05, 3.63) is 40.9 Å². The van der Waals surface area contributed by atoms with Crippen molar-refractivity contribution in [1.29, 1.82) is 5.26 Å². The maximum absolute atomic E-state index is 12.2. The number of nitrogens with one attached hydrogen (secondary N) is 1. The number of aromatic nitrogens is 1. The zero-order valence-corrected chi connectivity index (χ0v) is 12.9. The van der Waals surface area contributed by atoms with Gasteiger partial charge in [0.1, 0.15) is 11.8 Å². The van der Waals surface area contributed by atoms with E-state index in [0.717, 1.165) is 5.69 Å². The van der Waals surface area contributed by atoms with E-state index in [-0.39, 0.29) is 5.91 Å². The molecule has 5 nitrogen and oxygen atoms in total. The zero-order chi connectivity index (χ0) is 15.5. The van der Waals surface area contributed by atoms with Gasteiger partial charge in [-0.15, -0.1) is 11.3 Å². The number of ether oxygens (including phenoxy) is 1. The third kappa shape index (κ3) is 3.26. The van der Waals surface area contributed by atoms with E-state index >= 15 is 0 Å². The lowest BCUT2D eigenvalue weighted by atomic mass is 10.2. The number of hydrogen-bond donors (Lipinski definition) is 1. The Balaban J connectivity index is 1.62. The number of para-hydroxylation sites is 1. The van der Waals surface area contributed by atoms with Crippen molar-refractivity contribution in [1.82, 2.24) is 4.98 Å². The van der Waals surface area contributed by atoms with Gasteiger partial charge in [0, 0.05) is 11.3 Å². The van der Waals surface area contributed by atoms with E-state index in [2.05, 4.69) is 10.3 Å². The Morgan fingerprint density at radius 1 is 1.50 bits per heavy atom. The number of thiazole rings is 1. The minimum Gasteiger partial charge on any atom is -0.480 e. The predicted octanol–water partition coefficient (Wildman–Crippen LogP) is 3.30. The second-order valence-corrected chi connectivity index (χ2v) is 6.07. The van der Waals surface area contributed by atoms with Gasteiger partial charge in [0.2, 0.25) is 0 Å². The molecule has 2 aromatic rings. The summed E-state index contributed by atoms with van der Waals surface area (Å²) in [6.45, 7) is 1.65. The summed E-state index contributed by atoms with van der Waals surface area (Å²) >= 11 is 1.43. The summed E-state index contributed by atoms with van der Waals surface area (Å²) < 4.78 is 5.58. The first-order valence-corrected chi connectivity index (χ1v) is 7.97. The Hall–Kier alpha value is -2.39. The highest BCUT2D eigenvalue weighted by Gasteiger charge is 2.26. The molecule has 0 aliphatic heterocycles. The molecule has 1 amide bonds. The Morgan fingerprint density at radius 3 is 3.00 bits per heavy atom. The maximum atomic E-state index is 12.2. The number of nitriles is 1. The smallest absolute Gasteiger partial charge is 0.266 e. The second kappa shape index (κ2) is 6.16. The molecule has 1 aliphatic carbocycles. The van der Waals surface area contributed by atoms with Gasteiger partial charge in [-0.1, -0.05) is 12.1 Å². The highest BCUT2D eigenvalue weighted by molar-refractivity contribution is 7.13. The topological polar surface area (TPSA) is 75.0 Å². The van der Waals surface area contributed by atoms with Crippen LogP contribution in [0, 0.1) is 11.3 Å². The van der Waals surface area contributed by atoms with Crippen LogP contribution in [0.1, 0.15) is 36.9 Å². The Labute approximate surface area is 132 Å². The number of rotatable bonds is 5. The first kappa shape index (κ1) is 14.5. The van der Waals surface area contributed by atoms with E-state index in [0.29, 0.717) is 22.4 Å². The van der Waals surface area contributed by atoms with Crippen molar-refractivity contribution in [3.63, 3.8) is 0 Å². The molecule has 0 radical (unpaired) electrons. The third-order valence-corrected chi connectivity index (χ3v) is 4.20. The van der Waals surface area contributed by atoms with Crippen LogP contribution in [-0.4, -0.2) is 17.0 Å². The van der Waals surface area contributed by atoms with E-state index < -0.39 is 6.10 Å². The number of carbonyl (C=O) groups excluding carboxylic acids is 1. The fourth-order valence-corrected chi connectivity index (χ4v) is 2.82. The quantitative estimate of drug-likeness (QED) is 0.919. The molecular weight excluding hydrogens is 298 g/mol. The largest absolute Gasteiger partial charge is 0.480 e. The summed E-state index contributed by atoms with van der Waals surface area (Å²) in [5.74, 6) is 0.702. The lowest BCUT2D eigenvalue weighted by Gasteiger charge is -2.14. The van der Waals surface area contributed by atoms with Crippen LogP contribution in [-0.2, 0) is 4.79 Å². The molecule has 1 aromatic heterocycles. The second-order valence-electron chi connectivity index (χ2n) is 5.21. The van der Waals surface area contributed by atoms with E-state index in [4.69, 9.17) is 10.00 Å². The van der Waals surface area contributed by atoms with Crippen molar-refractivity contribution in [2.45, 2.75) is 31.8 Å². The Bertz CT molecular complexity index is 731. The van der Waals surface area contributed by atoms with Crippen LogP contribution < -0.4 is 10.1 Å². The highest BCUT2D eigenvalue weighted by Crippen LogP contribution is 2.40. The molecule has 0 bridgehead atoms. The first-order chi connectivity index (χ1) is 10.7. The summed E-state index contributed by atoms with van der Waals surface area (Å²) in [6.07, 6.45) is 1.66. The van der Waals surface area contributed by atoms with Crippen LogP contribution in [0.3, 0.4) is 0 Å². The van der Waals surface area contributed by atoms with Crippen LogP contribution in [0.25, 0.3) is 0 Å². The standard InChI is InChI=1S/C16H15N3O2S/c1-10(21-14-5-3-2-4-12(14)8-17)15(20)19-16-18-13(9-22-16)11-6-7-11/h2-5,9-11H,6-7H2,1H3,(H,18,19,20). The van der Waals surface area contributed by atoms with Gasteiger partial charge < -0.3 is 4.74 Å². The van der Waals surface area contributed by atoms with Crippen molar-refractivity contribution >= 4 is 22.4 Å². The average Bonchev–Trinajstić information content (AvgIpc) is 3.28. The van der Waals surface area contributed by atoms with Crippen molar-refractivity contribution in [3.8, 4) is 11.8 Å². The van der Waals surface area contributed by atoms with Crippen molar-refractivity contribution in [2.24, 2.45) is 0 Å². The van der Waals surface area contributed by atoms with Gasteiger partial charge in [0.25, 0.3) is 5.91 Å². The lowest BCUT2D eigenvalue weighted by molar-refractivity contribution is -0.122. The molecule has 1 aliphatic rings. The third-order valence-electron chi connectivity index (χ3n) is 3.43. The van der Waals surface area contributed by atoms with Gasteiger partial charge in [0.05, 0.1) is 11.3 Å². The van der Waals surface area contributed by atoms with Crippen LogP contribution in [0.2, 0.25) is 0 Å². The molecule has 0 spiro atoms. The summed E-state index contributed by atoms with van der Waals surface area (Å²) in [7, 11) is 0. The monoisotopic (exact) mass is 313 g/mol. The molecule has 1 N–H and O–H groups in total. The minimum absolute atomic E-state index is 0.274. The fourth-order valence-electron chi connectivity index (χ4n) is 2.02. The van der Waals surface area contributed by atoms with Gasteiger partial charge in [-0.3, -0.25) is 10.1 Å². The number of anilines is 1. The van der Waals surface area contributed by atoms with E-state index in [1.165, 1.54) is 24.2 Å². The average molecular weight is 313 g/mol. The van der Waals surface area contributed by atoms with Gasteiger partial charge in [-0.05, 0) is 31.9 Å². The number of amides is 1. The van der Waals surface area contributed by atoms with Gasteiger partial charge in [-0.2, -0.15) is 5.26 Å². The molecule has 1 atom stereocenters. The SMILES string of the molecule is CC(Oc1ccccc1C#N)C(=O)Nc1nc(C2CC2)cs1. The molecule has 3 rings (SSSR count). The number of carbonyl (C=O) groups is 1. The number of benzene rings is 1. The van der Waals surface area contributed by atoms with Crippen LogP contribution in [0.4, 0.5) is 5.13 Å². The molecule has 1 aromatic carbocycles. The molecule has 22 heavy (non-hydrogen) atoms. The number of hydrogen-bond acceptors (Lipinski definition) is 5. The molecule has 112 valence electrons. The van der Waals surface area contributed by atoms with E-state index in [9.17, 15) is 4.79 Å². The van der Waals surface area contributed by atoms with Crippen LogP contribution >= 0.6 is 11.3 Å². The summed E-state index contributed by atoms with van der Waals surface area (Å²) in [4.78, 5) is 16.6. The molecule has 1 heterocycles. The lowest BCUT2D eigenvalue weighted by Crippen LogP contribution is -2.30. The van der Waals surface area contributed by atoms with Crippen molar-refractivity contribution in [2.75, 3.05) is 5.32 Å². The van der Waals surface area contributed by atoms with Crippen LogP contribution in [0.15, 0.2) is 29.6 Å². The fraction of sp³-hybridized carbons (Fsp3) is 0.312. The molecule has 1 unspecified atom stereocenters. The molecule has 0 saturated heterocycles. The van der Waals surface area contributed by atoms with Crippen LogP contribution in [0.5, 0.6) is 5.75 Å². The molecule has 1 saturated carbocycles. The molecule has 1 fully saturated rings. The highest BCUT2D eigenvalue weighted by atomic mass is 32.1. The minimum atomic E-state index is -0.706. The molecule has 6 heteroatoms. The van der Waals surface area contributed by atoms with E-state index in [1.807, 2.05) is 11.4 Å². The predicted molar refractivity (Wildman–Crippen MR) is 84.0 cm³/mol. The van der Waals surface area contributed by atoms with Gasteiger partial charge in [0.15, 0.2) is 11.2 Å².